The molecule has 0 saturated carbocycles. The second-order valence-corrected chi connectivity index (χ2v) is 7.19. The van der Waals surface area contributed by atoms with Gasteiger partial charge in [0.15, 0.2) is 0 Å². The van der Waals surface area contributed by atoms with Crippen molar-refractivity contribution in [2.75, 3.05) is 5.33 Å². The number of hydrogen-bond donors (Lipinski definition) is 0. The maximum Gasteiger partial charge on any atom is 0.0701 e. The molecule has 0 aromatic carbocycles. The number of halogens is 2. The molecular weight excluding hydrogens is 324 g/mol. The van der Waals surface area contributed by atoms with Crippen LogP contribution in [-0.2, 0) is 6.42 Å². The Hall–Kier alpha value is 0.660. The molecule has 1 heterocycles. The summed E-state index contributed by atoms with van der Waals surface area (Å²) in [5, 5.41) is 1.09. The van der Waals surface area contributed by atoms with Crippen molar-refractivity contribution in [1.29, 1.82) is 0 Å². The lowest BCUT2D eigenvalue weighted by Crippen LogP contribution is -2.20. The smallest absolute Gasteiger partial charge is 0.0701 e. The molecule has 14 heavy (non-hydrogen) atoms. The summed E-state index contributed by atoms with van der Waals surface area (Å²) in [6.45, 7) is 4.62. The van der Waals surface area contributed by atoms with Crippen molar-refractivity contribution in [2.24, 2.45) is 5.41 Å². The first-order valence-electron chi connectivity index (χ1n) is 4.90. The molecule has 0 saturated heterocycles. The summed E-state index contributed by atoms with van der Waals surface area (Å²) < 4.78 is 1.24. The van der Waals surface area contributed by atoms with Gasteiger partial charge < -0.3 is 0 Å². The van der Waals surface area contributed by atoms with E-state index in [4.69, 9.17) is 0 Å². The molecule has 0 spiro atoms. The van der Waals surface area contributed by atoms with Gasteiger partial charge in [-0.2, -0.15) is 0 Å². The highest BCUT2D eigenvalue weighted by Gasteiger charge is 2.22. The zero-order valence-electron chi connectivity index (χ0n) is 8.65. The third kappa shape index (κ3) is 3.67. The molecule has 0 radical (unpaired) electrons. The predicted molar refractivity (Wildman–Crippen MR) is 72.5 cm³/mol. The summed E-state index contributed by atoms with van der Waals surface area (Å²) in [7, 11) is 0. The van der Waals surface area contributed by atoms with Crippen molar-refractivity contribution >= 4 is 43.2 Å². The molecule has 0 aliphatic carbocycles. The number of hydrogen-bond acceptors (Lipinski definition) is 1. The van der Waals surface area contributed by atoms with Crippen LogP contribution in [0.25, 0.3) is 0 Å². The Morgan fingerprint density at radius 1 is 1.43 bits per heavy atom. The third-order valence-corrected chi connectivity index (χ3v) is 5.38. The Morgan fingerprint density at radius 3 is 2.57 bits per heavy atom. The average molecular weight is 340 g/mol. The summed E-state index contributed by atoms with van der Waals surface area (Å²) in [6.07, 6.45) is 3.73. The van der Waals surface area contributed by atoms with E-state index in [0.717, 1.165) is 5.33 Å². The second-order valence-electron chi connectivity index (χ2n) is 4.08. The van der Waals surface area contributed by atoms with Gasteiger partial charge in [-0.3, -0.25) is 0 Å². The van der Waals surface area contributed by atoms with Gasteiger partial charge in [0.1, 0.15) is 0 Å². The van der Waals surface area contributed by atoms with Gasteiger partial charge in [-0.05, 0) is 46.3 Å². The van der Waals surface area contributed by atoms with Gasteiger partial charge in [0, 0.05) is 10.2 Å². The lowest BCUT2D eigenvalue weighted by molar-refractivity contribution is 0.343. The normalized spacial score (nSPS) is 15.4. The molecule has 1 atom stereocenters. The van der Waals surface area contributed by atoms with Crippen molar-refractivity contribution in [1.82, 2.24) is 0 Å². The van der Waals surface area contributed by atoms with Crippen LogP contribution in [0.4, 0.5) is 0 Å². The molecule has 80 valence electrons. The van der Waals surface area contributed by atoms with Crippen molar-refractivity contribution in [3.05, 3.63) is 20.8 Å². The van der Waals surface area contributed by atoms with Gasteiger partial charge in [-0.25, -0.2) is 0 Å². The average Bonchev–Trinajstić information content (AvgIpc) is 2.51. The fourth-order valence-corrected chi connectivity index (χ4v) is 3.85. The Balaban J connectivity index is 2.64. The first-order valence-corrected chi connectivity index (χ1v) is 7.63. The molecule has 0 amide bonds. The first kappa shape index (κ1) is 12.7. The second kappa shape index (κ2) is 5.66. The lowest BCUT2D eigenvalue weighted by Gasteiger charge is -2.26. The minimum Gasteiger partial charge on any atom is -0.133 e. The highest BCUT2D eigenvalue weighted by atomic mass is 79.9. The van der Waals surface area contributed by atoms with E-state index >= 15 is 0 Å². The quantitative estimate of drug-likeness (QED) is 0.642. The standard InChI is InChI=1S/C11H16Br2S/c1-3-6-11(2,8-12)7-9-4-5-10(13)14-9/h4-5H,3,6-8H2,1-2H3. The van der Waals surface area contributed by atoms with Gasteiger partial charge in [0.25, 0.3) is 0 Å². The topological polar surface area (TPSA) is 0 Å². The summed E-state index contributed by atoms with van der Waals surface area (Å²) in [5.41, 5.74) is 0.416. The molecule has 0 bridgehead atoms. The molecule has 0 aliphatic rings. The van der Waals surface area contributed by atoms with Gasteiger partial charge in [0.05, 0.1) is 3.79 Å². The summed E-state index contributed by atoms with van der Waals surface area (Å²) in [6, 6.07) is 4.37. The number of thiophene rings is 1. The van der Waals surface area contributed by atoms with Crippen LogP contribution in [0.15, 0.2) is 15.9 Å². The molecule has 0 nitrogen and oxygen atoms in total. The van der Waals surface area contributed by atoms with E-state index in [1.54, 1.807) is 0 Å². The maximum atomic E-state index is 3.63. The summed E-state index contributed by atoms with van der Waals surface area (Å²) >= 11 is 8.99. The van der Waals surface area contributed by atoms with Crippen molar-refractivity contribution < 1.29 is 0 Å². The van der Waals surface area contributed by atoms with Gasteiger partial charge in [-0.15, -0.1) is 11.3 Å². The molecule has 3 heteroatoms. The van der Waals surface area contributed by atoms with Crippen LogP contribution < -0.4 is 0 Å². The van der Waals surface area contributed by atoms with E-state index < -0.39 is 0 Å². The predicted octanol–water partition coefficient (Wildman–Crippen LogP) is 5.25. The van der Waals surface area contributed by atoms with Gasteiger partial charge in [-0.1, -0.05) is 36.2 Å². The largest absolute Gasteiger partial charge is 0.133 e. The van der Waals surface area contributed by atoms with Crippen molar-refractivity contribution in [3.63, 3.8) is 0 Å². The Morgan fingerprint density at radius 2 is 2.14 bits per heavy atom. The Kier molecular flexibility index (Phi) is 5.15. The van der Waals surface area contributed by atoms with Crippen LogP contribution in [0, 0.1) is 5.41 Å². The zero-order chi connectivity index (χ0) is 10.6. The van der Waals surface area contributed by atoms with Crippen LogP contribution in [0.5, 0.6) is 0 Å². The summed E-state index contributed by atoms with van der Waals surface area (Å²) in [4.78, 5) is 1.48. The Bertz CT molecular complexity index is 283. The molecule has 0 aliphatic heterocycles. The molecule has 0 N–H and O–H groups in total. The van der Waals surface area contributed by atoms with Crippen LogP contribution in [0.1, 0.15) is 31.6 Å². The van der Waals surface area contributed by atoms with E-state index in [0.29, 0.717) is 5.41 Å². The number of alkyl halides is 1. The minimum absolute atomic E-state index is 0.416. The molecule has 1 aromatic heterocycles. The molecular formula is C11H16Br2S. The van der Waals surface area contributed by atoms with Crippen LogP contribution in [-0.4, -0.2) is 5.33 Å². The maximum absolute atomic E-state index is 3.63. The minimum atomic E-state index is 0.416. The SMILES string of the molecule is CCCC(C)(CBr)Cc1ccc(Br)s1. The summed E-state index contributed by atoms with van der Waals surface area (Å²) in [5.74, 6) is 0. The lowest BCUT2D eigenvalue weighted by atomic mass is 9.84. The van der Waals surface area contributed by atoms with E-state index in [2.05, 4.69) is 57.8 Å². The fourth-order valence-electron chi connectivity index (χ4n) is 1.67. The highest BCUT2D eigenvalue weighted by molar-refractivity contribution is 9.11. The van der Waals surface area contributed by atoms with E-state index in [-0.39, 0.29) is 0 Å². The Labute approximate surface area is 107 Å². The van der Waals surface area contributed by atoms with Crippen LogP contribution in [0.2, 0.25) is 0 Å². The molecule has 1 unspecified atom stereocenters. The van der Waals surface area contributed by atoms with Gasteiger partial charge in [0.2, 0.25) is 0 Å². The van der Waals surface area contributed by atoms with E-state index in [1.807, 2.05) is 11.3 Å². The fraction of sp³-hybridized carbons (Fsp3) is 0.636. The molecule has 1 rings (SSSR count). The van der Waals surface area contributed by atoms with E-state index in [1.165, 1.54) is 27.9 Å². The van der Waals surface area contributed by atoms with Crippen LogP contribution >= 0.6 is 43.2 Å². The zero-order valence-corrected chi connectivity index (χ0v) is 12.6. The molecule has 0 fully saturated rings. The number of rotatable bonds is 5. The molecule has 1 aromatic rings. The van der Waals surface area contributed by atoms with Crippen LogP contribution in [0.3, 0.4) is 0 Å². The van der Waals surface area contributed by atoms with E-state index in [9.17, 15) is 0 Å². The van der Waals surface area contributed by atoms with Crippen molar-refractivity contribution in [2.45, 2.75) is 33.1 Å². The van der Waals surface area contributed by atoms with Crippen molar-refractivity contribution in [3.8, 4) is 0 Å². The monoisotopic (exact) mass is 338 g/mol. The first-order chi connectivity index (χ1) is 6.59. The highest BCUT2D eigenvalue weighted by Crippen LogP contribution is 2.33. The van der Waals surface area contributed by atoms with Gasteiger partial charge >= 0.3 is 0 Å². The third-order valence-electron chi connectivity index (χ3n) is 2.41.